The van der Waals surface area contributed by atoms with Crippen molar-refractivity contribution in [3.05, 3.63) is 71.3 Å². The molecule has 0 aliphatic rings. The minimum atomic E-state index is -1.01. The van der Waals surface area contributed by atoms with Crippen molar-refractivity contribution in [1.82, 2.24) is 21.5 Å². The Balaban J connectivity index is 2.58. The SMILES string of the molecule is CNC(=S)NN=C(C(=NNC(=S)NC)c1ccc(C(=O)O)cc1)c1ccccc1. The van der Waals surface area contributed by atoms with Crippen molar-refractivity contribution in [2.24, 2.45) is 10.2 Å². The summed E-state index contributed by atoms with van der Waals surface area (Å²) in [6.07, 6.45) is 0. The Hall–Kier alpha value is -3.37. The second kappa shape index (κ2) is 10.8. The van der Waals surface area contributed by atoms with Crippen LogP contribution in [0.25, 0.3) is 0 Å². The van der Waals surface area contributed by atoms with Crippen LogP contribution in [0.15, 0.2) is 64.8 Å². The first-order valence-corrected chi connectivity index (χ1v) is 9.28. The standard InChI is InChI=1S/C19H20N6O2S2/c1-20-18(28)24-22-15(12-6-4-3-5-7-12)16(23-25-19(29)21-2)13-8-10-14(11-9-13)17(26)27/h3-11H,1-2H3,(H,26,27)(H2,20,24,28)(H2,21,25,29). The van der Waals surface area contributed by atoms with Crippen LogP contribution in [0.3, 0.4) is 0 Å². The van der Waals surface area contributed by atoms with E-state index in [1.807, 2.05) is 30.3 Å². The highest BCUT2D eigenvalue weighted by atomic mass is 32.1. The van der Waals surface area contributed by atoms with E-state index in [1.54, 1.807) is 26.2 Å². The number of thiocarbonyl (C=S) groups is 2. The molecule has 0 fully saturated rings. The van der Waals surface area contributed by atoms with Gasteiger partial charge in [0, 0.05) is 25.2 Å². The molecule has 0 atom stereocenters. The molecular weight excluding hydrogens is 408 g/mol. The van der Waals surface area contributed by atoms with Gasteiger partial charge in [0.1, 0.15) is 11.4 Å². The van der Waals surface area contributed by atoms with Gasteiger partial charge in [-0.15, -0.1) is 0 Å². The van der Waals surface area contributed by atoms with Gasteiger partial charge < -0.3 is 15.7 Å². The summed E-state index contributed by atoms with van der Waals surface area (Å²) in [6.45, 7) is 0. The van der Waals surface area contributed by atoms with Crippen molar-refractivity contribution in [3.8, 4) is 0 Å². The number of hydrogen-bond donors (Lipinski definition) is 5. The van der Waals surface area contributed by atoms with Gasteiger partial charge in [-0.3, -0.25) is 10.9 Å². The molecule has 0 aliphatic carbocycles. The van der Waals surface area contributed by atoms with Crippen LogP contribution in [-0.4, -0.2) is 46.8 Å². The van der Waals surface area contributed by atoms with Crippen molar-refractivity contribution in [3.63, 3.8) is 0 Å². The van der Waals surface area contributed by atoms with Crippen molar-refractivity contribution >= 4 is 52.1 Å². The monoisotopic (exact) mass is 428 g/mol. The first-order valence-electron chi connectivity index (χ1n) is 8.46. The molecule has 0 amide bonds. The number of carbonyl (C=O) groups is 1. The third-order valence-electron chi connectivity index (χ3n) is 3.67. The normalized spacial score (nSPS) is 11.4. The summed E-state index contributed by atoms with van der Waals surface area (Å²) in [4.78, 5) is 11.2. The van der Waals surface area contributed by atoms with Gasteiger partial charge in [-0.1, -0.05) is 42.5 Å². The number of carboxylic acids is 1. The van der Waals surface area contributed by atoms with Crippen molar-refractivity contribution in [2.45, 2.75) is 0 Å². The van der Waals surface area contributed by atoms with Crippen molar-refractivity contribution < 1.29 is 9.90 Å². The Kier molecular flexibility index (Phi) is 8.19. The highest BCUT2D eigenvalue weighted by Crippen LogP contribution is 2.12. The third-order valence-corrected chi connectivity index (χ3v) is 4.26. The van der Waals surface area contributed by atoms with Gasteiger partial charge in [0.05, 0.1) is 5.56 Å². The summed E-state index contributed by atoms with van der Waals surface area (Å²) < 4.78 is 0. The number of benzene rings is 2. The second-order valence-electron chi connectivity index (χ2n) is 5.55. The van der Waals surface area contributed by atoms with Crippen LogP contribution in [0.1, 0.15) is 21.5 Å². The number of nitrogens with one attached hydrogen (secondary N) is 4. The lowest BCUT2D eigenvalue weighted by atomic mass is 9.99. The zero-order chi connectivity index (χ0) is 21.2. The maximum atomic E-state index is 11.2. The maximum Gasteiger partial charge on any atom is 0.335 e. The van der Waals surface area contributed by atoms with Crippen LogP contribution in [0.2, 0.25) is 0 Å². The van der Waals surface area contributed by atoms with Gasteiger partial charge in [-0.05, 0) is 36.6 Å². The van der Waals surface area contributed by atoms with Crippen molar-refractivity contribution in [1.29, 1.82) is 0 Å². The zero-order valence-electron chi connectivity index (χ0n) is 15.8. The summed E-state index contributed by atoms with van der Waals surface area (Å²) >= 11 is 10.2. The average Bonchev–Trinajstić information content (AvgIpc) is 2.76. The quantitative estimate of drug-likeness (QED) is 0.269. The Morgan fingerprint density at radius 1 is 0.759 bits per heavy atom. The minimum absolute atomic E-state index is 0.166. The average molecular weight is 429 g/mol. The fourth-order valence-corrected chi connectivity index (χ4v) is 2.29. The zero-order valence-corrected chi connectivity index (χ0v) is 17.4. The van der Waals surface area contributed by atoms with E-state index in [-0.39, 0.29) is 5.56 Å². The summed E-state index contributed by atoms with van der Waals surface area (Å²) in [5, 5.41) is 24.2. The highest BCUT2D eigenvalue weighted by molar-refractivity contribution is 7.80. The summed E-state index contributed by atoms with van der Waals surface area (Å²) in [7, 11) is 3.35. The number of rotatable bonds is 6. The van der Waals surface area contributed by atoms with E-state index in [9.17, 15) is 4.79 Å². The number of hydrazone groups is 2. The predicted molar refractivity (Wildman–Crippen MR) is 123 cm³/mol. The van der Waals surface area contributed by atoms with E-state index in [0.717, 1.165) is 5.56 Å². The molecule has 29 heavy (non-hydrogen) atoms. The van der Waals surface area contributed by atoms with E-state index in [1.165, 1.54) is 12.1 Å². The van der Waals surface area contributed by atoms with Gasteiger partial charge in [0.15, 0.2) is 10.2 Å². The van der Waals surface area contributed by atoms with Gasteiger partial charge in [-0.2, -0.15) is 10.2 Å². The van der Waals surface area contributed by atoms with Crippen LogP contribution in [-0.2, 0) is 0 Å². The van der Waals surface area contributed by atoms with E-state index >= 15 is 0 Å². The van der Waals surface area contributed by atoms with E-state index in [4.69, 9.17) is 29.5 Å². The topological polar surface area (TPSA) is 110 Å². The number of hydrogen-bond acceptors (Lipinski definition) is 5. The molecule has 150 valence electrons. The largest absolute Gasteiger partial charge is 0.478 e. The van der Waals surface area contributed by atoms with Gasteiger partial charge in [0.25, 0.3) is 0 Å². The maximum absolute atomic E-state index is 11.2. The number of carboxylic acid groups (broad SMARTS) is 1. The molecule has 0 saturated carbocycles. The fraction of sp³-hybridized carbons (Fsp3) is 0.105. The lowest BCUT2D eigenvalue weighted by molar-refractivity contribution is 0.0697. The lowest BCUT2D eigenvalue weighted by Gasteiger charge is -2.13. The van der Waals surface area contributed by atoms with Crippen LogP contribution in [0.5, 0.6) is 0 Å². The fourth-order valence-electron chi connectivity index (χ4n) is 2.20. The molecule has 0 saturated heterocycles. The smallest absolute Gasteiger partial charge is 0.335 e. The first kappa shape index (κ1) is 21.9. The molecule has 0 aromatic heterocycles. The van der Waals surface area contributed by atoms with E-state index in [2.05, 4.69) is 31.7 Å². The molecule has 2 aromatic carbocycles. The third kappa shape index (κ3) is 6.33. The molecule has 0 bridgehead atoms. The Morgan fingerprint density at radius 2 is 1.17 bits per heavy atom. The number of nitrogens with zero attached hydrogens (tertiary/aromatic N) is 2. The summed E-state index contributed by atoms with van der Waals surface area (Å²) in [6, 6.07) is 15.7. The molecular formula is C19H20N6O2S2. The van der Waals surface area contributed by atoms with E-state index < -0.39 is 5.97 Å². The molecule has 0 aliphatic heterocycles. The Bertz CT molecular complexity index is 943. The molecule has 0 unspecified atom stereocenters. The van der Waals surface area contributed by atoms with Crippen LogP contribution in [0.4, 0.5) is 0 Å². The predicted octanol–water partition coefficient (Wildman–Crippen LogP) is 1.68. The highest BCUT2D eigenvalue weighted by Gasteiger charge is 2.16. The van der Waals surface area contributed by atoms with Crippen molar-refractivity contribution in [2.75, 3.05) is 14.1 Å². The molecule has 5 N–H and O–H groups in total. The van der Waals surface area contributed by atoms with Crippen LogP contribution < -0.4 is 21.5 Å². The molecule has 10 heteroatoms. The number of aromatic carboxylic acids is 1. The molecule has 0 radical (unpaired) electrons. The summed E-state index contributed by atoms with van der Waals surface area (Å²) in [5.74, 6) is -1.01. The van der Waals surface area contributed by atoms with E-state index in [0.29, 0.717) is 27.2 Å². The Morgan fingerprint density at radius 3 is 1.59 bits per heavy atom. The van der Waals surface area contributed by atoms with Gasteiger partial charge in [0.2, 0.25) is 0 Å². The molecule has 2 rings (SSSR count). The second-order valence-corrected chi connectivity index (χ2v) is 6.37. The molecule has 0 heterocycles. The minimum Gasteiger partial charge on any atom is -0.478 e. The van der Waals surface area contributed by atoms with Gasteiger partial charge in [-0.25, -0.2) is 4.79 Å². The van der Waals surface area contributed by atoms with Gasteiger partial charge >= 0.3 is 5.97 Å². The Labute approximate surface area is 179 Å². The molecule has 0 spiro atoms. The van der Waals surface area contributed by atoms with Crippen LogP contribution >= 0.6 is 24.4 Å². The first-order chi connectivity index (χ1) is 14.0. The summed E-state index contributed by atoms with van der Waals surface area (Å²) in [5.41, 5.74) is 8.03. The molecule has 2 aromatic rings. The van der Waals surface area contributed by atoms with Crippen LogP contribution in [0, 0.1) is 0 Å². The molecule has 8 nitrogen and oxygen atoms in total. The lowest BCUT2D eigenvalue weighted by Crippen LogP contribution is -2.33.